The lowest BCUT2D eigenvalue weighted by atomic mass is 9.95. The van der Waals surface area contributed by atoms with Gasteiger partial charge in [-0.2, -0.15) is 26.3 Å². The van der Waals surface area contributed by atoms with Crippen molar-refractivity contribution in [2.45, 2.75) is 68.6 Å². The van der Waals surface area contributed by atoms with Crippen molar-refractivity contribution in [2.24, 2.45) is 0 Å². The molecule has 0 radical (unpaired) electrons. The topological polar surface area (TPSA) is 116 Å². The van der Waals surface area contributed by atoms with E-state index in [1.807, 2.05) is 0 Å². The average molecular weight is 444 g/mol. The van der Waals surface area contributed by atoms with Crippen LogP contribution >= 0.6 is 0 Å². The van der Waals surface area contributed by atoms with Crippen LogP contribution < -0.4 is 5.32 Å². The highest BCUT2D eigenvalue weighted by atomic mass is 32.2. The fraction of sp³-hybridized carbons (Fsp3) is 0.929. The Morgan fingerprint density at radius 2 is 1.61 bits per heavy atom. The van der Waals surface area contributed by atoms with E-state index in [2.05, 4.69) is 10.1 Å². The summed E-state index contributed by atoms with van der Waals surface area (Å²) in [5.41, 5.74) is -5.37. The molecule has 166 valence electrons. The molecule has 0 aromatic heterocycles. The highest BCUT2D eigenvalue weighted by molar-refractivity contribution is 7.85. The van der Waals surface area contributed by atoms with Gasteiger partial charge in [0.05, 0.1) is 22.3 Å². The Labute approximate surface area is 157 Å². The summed E-state index contributed by atoms with van der Waals surface area (Å²) in [4.78, 5) is 11.6. The van der Waals surface area contributed by atoms with Gasteiger partial charge in [0, 0.05) is 12.6 Å². The third kappa shape index (κ3) is 7.37. The lowest BCUT2D eigenvalue weighted by Crippen LogP contribution is -2.58. The van der Waals surface area contributed by atoms with Gasteiger partial charge in [0.2, 0.25) is 0 Å². The summed E-state index contributed by atoms with van der Waals surface area (Å²) in [6.45, 7) is -0.450. The first-order valence-electron chi connectivity index (χ1n) is 8.27. The van der Waals surface area contributed by atoms with Gasteiger partial charge in [-0.1, -0.05) is 19.3 Å². The Kier molecular flexibility index (Phi) is 8.13. The van der Waals surface area contributed by atoms with Crippen LogP contribution in [0.3, 0.4) is 0 Å². The Bertz CT molecular complexity index is 615. The van der Waals surface area contributed by atoms with Crippen molar-refractivity contribution in [3.05, 3.63) is 0 Å². The zero-order valence-corrected chi connectivity index (χ0v) is 15.3. The average Bonchev–Trinajstić information content (AvgIpc) is 2.50. The number of carbonyl (C=O) groups excluding carboxylic acids is 1. The van der Waals surface area contributed by atoms with Crippen molar-refractivity contribution in [3.8, 4) is 0 Å². The third-order valence-electron chi connectivity index (χ3n) is 4.27. The molecule has 2 N–H and O–H groups in total. The van der Waals surface area contributed by atoms with Crippen molar-refractivity contribution < 1.29 is 54.0 Å². The molecule has 14 heteroatoms. The molecule has 0 amide bonds. The van der Waals surface area contributed by atoms with E-state index in [0.717, 1.165) is 19.3 Å². The molecule has 1 aliphatic rings. The maximum absolute atomic E-state index is 12.6. The Hall–Kier alpha value is -1.12. The van der Waals surface area contributed by atoms with E-state index in [0.29, 0.717) is 12.8 Å². The van der Waals surface area contributed by atoms with E-state index in [1.54, 1.807) is 0 Å². The van der Waals surface area contributed by atoms with Gasteiger partial charge in [-0.15, -0.1) is 0 Å². The molecule has 0 aromatic carbocycles. The zero-order chi connectivity index (χ0) is 21.8. The number of esters is 1. The summed E-state index contributed by atoms with van der Waals surface area (Å²) in [5, 5.41) is 11.8. The van der Waals surface area contributed by atoms with Gasteiger partial charge >= 0.3 is 18.3 Å². The summed E-state index contributed by atoms with van der Waals surface area (Å²) in [5.74, 6) is -3.48. The number of halogens is 6. The fourth-order valence-electron chi connectivity index (χ4n) is 2.76. The van der Waals surface area contributed by atoms with Crippen LogP contribution in [0.2, 0.25) is 0 Å². The van der Waals surface area contributed by atoms with E-state index < -0.39 is 58.9 Å². The Balaban J connectivity index is 2.83. The number of nitrogens with one attached hydrogen (secondary N) is 1. The number of aliphatic hydroxyl groups is 1. The molecule has 1 saturated carbocycles. The molecule has 1 unspecified atom stereocenters. The smallest absolute Gasteiger partial charge is 0.426 e. The summed E-state index contributed by atoms with van der Waals surface area (Å²) < 4.78 is 113. The van der Waals surface area contributed by atoms with E-state index in [9.17, 15) is 44.1 Å². The highest BCUT2D eigenvalue weighted by Crippen LogP contribution is 2.45. The molecule has 0 aromatic rings. The molecule has 1 fully saturated rings. The number of alkyl halides is 6. The standard InChI is InChI=1S/C14H21F6NO6S/c15-13(16,17)12(23,14(18,19)20)6-11(22)27-10(8-28(24,25)26)7-21-9-4-2-1-3-5-9/h9-10,21,23H,1-8H2,(H,24,25,26)/p-1. The molecule has 1 rings (SSSR count). The van der Waals surface area contributed by atoms with Crippen LogP contribution in [-0.4, -0.2) is 66.4 Å². The lowest BCUT2D eigenvalue weighted by Gasteiger charge is -2.32. The van der Waals surface area contributed by atoms with Crippen LogP contribution in [0.15, 0.2) is 0 Å². The largest absolute Gasteiger partial charge is 0.748 e. The number of hydrogen-bond acceptors (Lipinski definition) is 7. The van der Waals surface area contributed by atoms with Crippen LogP contribution in [0.5, 0.6) is 0 Å². The van der Waals surface area contributed by atoms with Gasteiger partial charge < -0.3 is 19.7 Å². The van der Waals surface area contributed by atoms with Gasteiger partial charge in [0.25, 0.3) is 5.60 Å². The minimum Gasteiger partial charge on any atom is -0.748 e. The predicted molar refractivity (Wildman–Crippen MR) is 81.0 cm³/mol. The second-order valence-corrected chi connectivity index (χ2v) is 8.06. The van der Waals surface area contributed by atoms with Crippen molar-refractivity contribution in [1.82, 2.24) is 5.32 Å². The number of ether oxygens (including phenoxy) is 1. The van der Waals surface area contributed by atoms with Crippen molar-refractivity contribution in [3.63, 3.8) is 0 Å². The minimum absolute atomic E-state index is 0.119. The molecule has 1 atom stereocenters. The predicted octanol–water partition coefficient (Wildman–Crippen LogP) is 1.61. The van der Waals surface area contributed by atoms with Crippen LogP contribution in [0.1, 0.15) is 38.5 Å². The lowest BCUT2D eigenvalue weighted by molar-refractivity contribution is -0.368. The van der Waals surface area contributed by atoms with E-state index in [1.165, 1.54) is 0 Å². The van der Waals surface area contributed by atoms with E-state index >= 15 is 0 Å². The van der Waals surface area contributed by atoms with Crippen LogP contribution in [0, 0.1) is 0 Å². The maximum atomic E-state index is 12.6. The van der Waals surface area contributed by atoms with Gasteiger partial charge in [0.15, 0.2) is 0 Å². The van der Waals surface area contributed by atoms with Crippen molar-refractivity contribution in [2.75, 3.05) is 12.3 Å². The van der Waals surface area contributed by atoms with Crippen LogP contribution in [0.4, 0.5) is 26.3 Å². The molecule has 0 aliphatic heterocycles. The normalized spacial score (nSPS) is 18.7. The second kappa shape index (κ2) is 9.13. The fourth-order valence-corrected chi connectivity index (χ4v) is 3.41. The molecule has 28 heavy (non-hydrogen) atoms. The summed E-state index contributed by atoms with van der Waals surface area (Å²) in [7, 11) is -5.00. The Morgan fingerprint density at radius 1 is 1.11 bits per heavy atom. The molecular formula is C14H20F6NO6S-. The van der Waals surface area contributed by atoms with Gasteiger partial charge in [-0.05, 0) is 12.8 Å². The molecule has 0 spiro atoms. The number of carbonyl (C=O) groups is 1. The summed E-state index contributed by atoms with van der Waals surface area (Å²) in [6, 6.07) is -0.119. The number of hydrogen-bond donors (Lipinski definition) is 2. The first-order valence-corrected chi connectivity index (χ1v) is 9.85. The van der Waals surface area contributed by atoms with Crippen molar-refractivity contribution >= 4 is 16.1 Å². The highest BCUT2D eigenvalue weighted by Gasteiger charge is 2.71. The first-order chi connectivity index (χ1) is 12.6. The molecule has 7 nitrogen and oxygen atoms in total. The minimum atomic E-state index is -6.23. The molecular weight excluding hydrogens is 424 g/mol. The number of rotatable bonds is 8. The molecule has 0 saturated heterocycles. The third-order valence-corrected chi connectivity index (χ3v) is 5.05. The SMILES string of the molecule is O=C(CC(O)(C(F)(F)F)C(F)(F)F)OC(CNC1CCCCC1)CS(=O)(=O)[O-]. The van der Waals surface area contributed by atoms with Gasteiger partial charge in [-0.25, -0.2) is 8.42 Å². The van der Waals surface area contributed by atoms with E-state index in [-0.39, 0.29) is 6.04 Å². The monoisotopic (exact) mass is 444 g/mol. The first kappa shape index (κ1) is 24.9. The van der Waals surface area contributed by atoms with Crippen molar-refractivity contribution in [1.29, 1.82) is 0 Å². The quantitative estimate of drug-likeness (QED) is 0.332. The molecule has 1 aliphatic carbocycles. The van der Waals surface area contributed by atoms with Gasteiger partial charge in [-0.3, -0.25) is 4.79 Å². The molecule has 0 bridgehead atoms. The Morgan fingerprint density at radius 3 is 2.04 bits per heavy atom. The second-order valence-electron chi connectivity index (χ2n) is 6.61. The van der Waals surface area contributed by atoms with Crippen LogP contribution in [0.25, 0.3) is 0 Å². The summed E-state index contributed by atoms with van der Waals surface area (Å²) in [6.07, 6.45) is -12.7. The maximum Gasteiger partial charge on any atom is 0.426 e. The van der Waals surface area contributed by atoms with Crippen LogP contribution in [-0.2, 0) is 19.6 Å². The summed E-state index contributed by atoms with van der Waals surface area (Å²) >= 11 is 0. The zero-order valence-electron chi connectivity index (χ0n) is 14.5. The van der Waals surface area contributed by atoms with E-state index in [4.69, 9.17) is 5.11 Å². The molecule has 0 heterocycles. The van der Waals surface area contributed by atoms with Gasteiger partial charge in [0.1, 0.15) is 6.10 Å².